The predicted molar refractivity (Wildman–Crippen MR) is 110 cm³/mol. The van der Waals surface area contributed by atoms with Crippen LogP contribution in [0.15, 0.2) is 10.4 Å². The summed E-state index contributed by atoms with van der Waals surface area (Å²) in [6.07, 6.45) is 4.55. The fourth-order valence-corrected chi connectivity index (χ4v) is 4.39. The van der Waals surface area contributed by atoms with Crippen LogP contribution < -0.4 is 5.32 Å². The van der Waals surface area contributed by atoms with Crippen molar-refractivity contribution in [2.24, 2.45) is 4.99 Å². The zero-order valence-corrected chi connectivity index (χ0v) is 17.4. The standard InChI is InChI=1S/C19H32N6OS/c1-3-17-22-16(15-27-17)13-21-19(20-2)25-11-9-23(10-12-25)14-18(26)24-7-5-4-6-8-24/h15H,3-14H2,1-2H3,(H,20,21). The average Bonchev–Trinajstić information content (AvgIpc) is 3.18. The van der Waals surface area contributed by atoms with Gasteiger partial charge in [0, 0.05) is 51.7 Å². The van der Waals surface area contributed by atoms with Crippen molar-refractivity contribution in [2.75, 3.05) is 52.9 Å². The maximum absolute atomic E-state index is 12.5. The Morgan fingerprint density at radius 2 is 1.89 bits per heavy atom. The molecule has 150 valence electrons. The van der Waals surface area contributed by atoms with Gasteiger partial charge in [0.15, 0.2) is 5.96 Å². The summed E-state index contributed by atoms with van der Waals surface area (Å²) in [7, 11) is 1.83. The van der Waals surface area contributed by atoms with Crippen LogP contribution in [0.3, 0.4) is 0 Å². The molecule has 27 heavy (non-hydrogen) atoms. The molecule has 0 aliphatic carbocycles. The Morgan fingerprint density at radius 3 is 2.52 bits per heavy atom. The van der Waals surface area contributed by atoms with E-state index in [9.17, 15) is 4.79 Å². The monoisotopic (exact) mass is 392 g/mol. The normalized spacial score (nSPS) is 19.4. The van der Waals surface area contributed by atoms with E-state index < -0.39 is 0 Å². The topological polar surface area (TPSA) is 64.1 Å². The second-order valence-electron chi connectivity index (χ2n) is 7.19. The van der Waals surface area contributed by atoms with Gasteiger partial charge in [-0.25, -0.2) is 4.98 Å². The van der Waals surface area contributed by atoms with E-state index in [-0.39, 0.29) is 0 Å². The Bertz CT molecular complexity index is 632. The van der Waals surface area contributed by atoms with Gasteiger partial charge >= 0.3 is 0 Å². The third-order valence-corrected chi connectivity index (χ3v) is 6.32. The fourth-order valence-electron chi connectivity index (χ4n) is 3.65. The van der Waals surface area contributed by atoms with Crippen LogP contribution in [0, 0.1) is 0 Å². The number of amides is 1. The van der Waals surface area contributed by atoms with Crippen LogP contribution in [-0.2, 0) is 17.8 Å². The Kier molecular flexibility index (Phi) is 7.46. The van der Waals surface area contributed by atoms with Gasteiger partial charge in [0.05, 0.1) is 23.8 Å². The van der Waals surface area contributed by atoms with E-state index in [1.54, 1.807) is 11.3 Å². The molecule has 0 bridgehead atoms. The molecule has 0 unspecified atom stereocenters. The summed E-state index contributed by atoms with van der Waals surface area (Å²) in [5.74, 6) is 1.21. The number of hydrogen-bond acceptors (Lipinski definition) is 5. The Morgan fingerprint density at radius 1 is 1.15 bits per heavy atom. The molecule has 3 heterocycles. The molecule has 2 aliphatic heterocycles. The van der Waals surface area contributed by atoms with Crippen molar-refractivity contribution in [1.29, 1.82) is 0 Å². The van der Waals surface area contributed by atoms with Crippen molar-refractivity contribution in [3.63, 3.8) is 0 Å². The average molecular weight is 393 g/mol. The van der Waals surface area contributed by atoms with Crippen LogP contribution in [0.25, 0.3) is 0 Å². The highest BCUT2D eigenvalue weighted by molar-refractivity contribution is 7.09. The molecule has 8 heteroatoms. The van der Waals surface area contributed by atoms with Crippen LogP contribution in [-0.4, -0.2) is 84.4 Å². The second kappa shape index (κ2) is 10.0. The van der Waals surface area contributed by atoms with Gasteiger partial charge in [-0.1, -0.05) is 6.92 Å². The lowest BCUT2D eigenvalue weighted by molar-refractivity contribution is -0.133. The van der Waals surface area contributed by atoms with E-state index in [0.717, 1.165) is 70.2 Å². The zero-order valence-electron chi connectivity index (χ0n) is 16.6. The molecular formula is C19H32N6OS. The number of hydrogen-bond donors (Lipinski definition) is 1. The lowest BCUT2D eigenvalue weighted by atomic mass is 10.1. The number of rotatable bonds is 5. The molecule has 1 N–H and O–H groups in total. The van der Waals surface area contributed by atoms with Crippen molar-refractivity contribution in [3.8, 4) is 0 Å². The molecular weight excluding hydrogens is 360 g/mol. The largest absolute Gasteiger partial charge is 0.351 e. The van der Waals surface area contributed by atoms with Gasteiger partial charge in [0.2, 0.25) is 5.91 Å². The van der Waals surface area contributed by atoms with E-state index in [1.807, 2.05) is 11.9 Å². The van der Waals surface area contributed by atoms with Crippen molar-refractivity contribution in [3.05, 3.63) is 16.1 Å². The Hall–Kier alpha value is -1.67. The molecule has 0 aromatic carbocycles. The fraction of sp³-hybridized carbons (Fsp3) is 0.737. The summed E-state index contributed by atoms with van der Waals surface area (Å²) in [6.45, 7) is 8.85. The van der Waals surface area contributed by atoms with Crippen LogP contribution in [0.2, 0.25) is 0 Å². The molecule has 1 aromatic heterocycles. The number of piperazine rings is 1. The lowest BCUT2D eigenvalue weighted by Gasteiger charge is -2.37. The van der Waals surface area contributed by atoms with Gasteiger partial charge in [-0.15, -0.1) is 11.3 Å². The quantitative estimate of drug-likeness (QED) is 0.606. The minimum atomic E-state index is 0.293. The molecule has 0 saturated carbocycles. The van der Waals surface area contributed by atoms with E-state index in [4.69, 9.17) is 0 Å². The minimum Gasteiger partial charge on any atom is -0.351 e. The van der Waals surface area contributed by atoms with Crippen LogP contribution in [0.4, 0.5) is 0 Å². The number of aromatic nitrogens is 1. The highest BCUT2D eigenvalue weighted by Gasteiger charge is 2.24. The zero-order chi connectivity index (χ0) is 19.1. The molecule has 0 atom stereocenters. The number of thiazole rings is 1. The van der Waals surface area contributed by atoms with Crippen molar-refractivity contribution >= 4 is 23.2 Å². The Balaban J connectivity index is 1.42. The van der Waals surface area contributed by atoms with Gasteiger partial charge in [-0.3, -0.25) is 14.7 Å². The number of nitrogens with one attached hydrogen (secondary N) is 1. The third kappa shape index (κ3) is 5.65. The van der Waals surface area contributed by atoms with Crippen LogP contribution >= 0.6 is 11.3 Å². The number of piperidine rings is 1. The first kappa shape index (κ1) is 20.1. The van der Waals surface area contributed by atoms with Gasteiger partial charge in [-0.05, 0) is 25.7 Å². The number of likely N-dealkylation sites (tertiary alicyclic amines) is 1. The number of aliphatic imine (C=N–C) groups is 1. The van der Waals surface area contributed by atoms with Gasteiger partial charge in [-0.2, -0.15) is 0 Å². The molecule has 0 radical (unpaired) electrons. The van der Waals surface area contributed by atoms with Gasteiger partial charge in [0.1, 0.15) is 0 Å². The summed E-state index contributed by atoms with van der Waals surface area (Å²) < 4.78 is 0. The second-order valence-corrected chi connectivity index (χ2v) is 8.13. The first-order valence-electron chi connectivity index (χ1n) is 10.1. The van der Waals surface area contributed by atoms with Crippen molar-refractivity contribution in [1.82, 2.24) is 25.0 Å². The predicted octanol–water partition coefficient (Wildman–Crippen LogP) is 1.41. The number of nitrogens with zero attached hydrogens (tertiary/aromatic N) is 5. The van der Waals surface area contributed by atoms with Crippen LogP contribution in [0.1, 0.15) is 36.9 Å². The Labute approximate surface area is 166 Å². The maximum atomic E-state index is 12.5. The highest BCUT2D eigenvalue weighted by atomic mass is 32.1. The molecule has 3 rings (SSSR count). The molecule has 7 nitrogen and oxygen atoms in total. The summed E-state index contributed by atoms with van der Waals surface area (Å²) in [5, 5.41) is 6.72. The van der Waals surface area contributed by atoms with Gasteiger partial charge in [0.25, 0.3) is 0 Å². The first-order valence-corrected chi connectivity index (χ1v) is 11.0. The maximum Gasteiger partial charge on any atom is 0.236 e. The van der Waals surface area contributed by atoms with E-state index >= 15 is 0 Å². The summed E-state index contributed by atoms with van der Waals surface area (Å²) >= 11 is 1.71. The first-order chi connectivity index (χ1) is 13.2. The number of carbonyl (C=O) groups excluding carboxylic acids is 1. The molecule has 0 spiro atoms. The summed E-state index contributed by atoms with van der Waals surface area (Å²) in [5.41, 5.74) is 1.07. The highest BCUT2D eigenvalue weighted by Crippen LogP contribution is 2.11. The molecule has 1 aromatic rings. The molecule has 1 amide bonds. The van der Waals surface area contributed by atoms with E-state index in [0.29, 0.717) is 19.0 Å². The lowest BCUT2D eigenvalue weighted by Crippen LogP contribution is -2.54. The van der Waals surface area contributed by atoms with E-state index in [2.05, 4.69) is 37.4 Å². The molecule has 2 aliphatic rings. The van der Waals surface area contributed by atoms with Crippen LogP contribution in [0.5, 0.6) is 0 Å². The number of carbonyl (C=O) groups is 1. The third-order valence-electron chi connectivity index (χ3n) is 5.28. The van der Waals surface area contributed by atoms with Crippen molar-refractivity contribution < 1.29 is 4.79 Å². The molecule has 2 saturated heterocycles. The SMILES string of the molecule is CCc1nc(CNC(=NC)N2CCN(CC(=O)N3CCCCC3)CC2)cs1. The number of aryl methyl sites for hydroxylation is 1. The van der Waals surface area contributed by atoms with Crippen molar-refractivity contribution in [2.45, 2.75) is 39.2 Å². The molecule has 2 fully saturated rings. The summed E-state index contributed by atoms with van der Waals surface area (Å²) in [4.78, 5) is 28.1. The minimum absolute atomic E-state index is 0.293. The number of guanidine groups is 1. The smallest absolute Gasteiger partial charge is 0.236 e. The van der Waals surface area contributed by atoms with E-state index in [1.165, 1.54) is 11.4 Å². The summed E-state index contributed by atoms with van der Waals surface area (Å²) in [6, 6.07) is 0. The van der Waals surface area contributed by atoms with Gasteiger partial charge < -0.3 is 15.1 Å².